The van der Waals surface area contributed by atoms with Crippen LogP contribution in [0.5, 0.6) is 0 Å². The highest BCUT2D eigenvalue weighted by Crippen LogP contribution is 2.29. The first-order valence-corrected chi connectivity index (χ1v) is 7.26. The number of carbonyl (C=O) groups excluding carboxylic acids is 1. The second-order valence-corrected chi connectivity index (χ2v) is 4.83. The van der Waals surface area contributed by atoms with E-state index in [4.69, 9.17) is 0 Å². The van der Waals surface area contributed by atoms with Gasteiger partial charge in [-0.25, -0.2) is 0 Å². The molecule has 0 unspecified atom stereocenters. The van der Waals surface area contributed by atoms with Crippen LogP contribution in [0.25, 0.3) is 11.1 Å². The molecule has 92 valence electrons. The van der Waals surface area contributed by atoms with Crippen LogP contribution in [0.4, 0.5) is 0 Å². The zero-order valence-corrected chi connectivity index (χ0v) is 11.5. The standard InChI is InChI=1S/C16H16OS/c1-3-12-8-4-5-9-13(12)14-10-6-7-11-15(14)16(17)18-2/h4-11H,3H2,1-2H3. The predicted octanol–water partition coefficient (Wildman–Crippen LogP) is 4.42. The summed E-state index contributed by atoms with van der Waals surface area (Å²) in [4.78, 5) is 12.0. The van der Waals surface area contributed by atoms with Gasteiger partial charge in [0.05, 0.1) is 0 Å². The maximum atomic E-state index is 12.0. The molecule has 0 aliphatic heterocycles. The summed E-state index contributed by atoms with van der Waals surface area (Å²) >= 11 is 1.26. The van der Waals surface area contributed by atoms with Gasteiger partial charge in [0.25, 0.3) is 0 Å². The molecule has 18 heavy (non-hydrogen) atoms. The van der Waals surface area contributed by atoms with Crippen molar-refractivity contribution >= 4 is 16.9 Å². The van der Waals surface area contributed by atoms with E-state index < -0.39 is 0 Å². The molecule has 0 atom stereocenters. The van der Waals surface area contributed by atoms with E-state index in [1.54, 1.807) is 0 Å². The molecule has 0 heterocycles. The van der Waals surface area contributed by atoms with E-state index in [9.17, 15) is 4.79 Å². The van der Waals surface area contributed by atoms with Crippen molar-refractivity contribution in [3.8, 4) is 11.1 Å². The SMILES string of the molecule is CCc1ccccc1-c1ccccc1C(=O)SC. The highest BCUT2D eigenvalue weighted by molar-refractivity contribution is 8.13. The average Bonchev–Trinajstić information content (AvgIpc) is 2.46. The van der Waals surface area contributed by atoms with Crippen LogP contribution in [0.1, 0.15) is 22.8 Å². The highest BCUT2D eigenvalue weighted by Gasteiger charge is 2.12. The lowest BCUT2D eigenvalue weighted by Gasteiger charge is -2.11. The Morgan fingerprint density at radius 2 is 1.61 bits per heavy atom. The molecule has 0 fully saturated rings. The van der Waals surface area contributed by atoms with Crippen LogP contribution in [0.15, 0.2) is 48.5 Å². The Morgan fingerprint density at radius 3 is 2.28 bits per heavy atom. The third kappa shape index (κ3) is 2.49. The Morgan fingerprint density at radius 1 is 1.00 bits per heavy atom. The van der Waals surface area contributed by atoms with Crippen LogP contribution in [-0.2, 0) is 6.42 Å². The third-order valence-corrected chi connectivity index (χ3v) is 3.61. The monoisotopic (exact) mass is 256 g/mol. The van der Waals surface area contributed by atoms with Crippen LogP contribution in [0, 0.1) is 0 Å². The summed E-state index contributed by atoms with van der Waals surface area (Å²) in [7, 11) is 0. The Hall–Kier alpha value is -1.54. The molecule has 0 saturated carbocycles. The lowest BCUT2D eigenvalue weighted by molar-refractivity contribution is 0.109. The Bertz CT molecular complexity index is 561. The zero-order chi connectivity index (χ0) is 13.0. The minimum atomic E-state index is 0.122. The topological polar surface area (TPSA) is 17.1 Å². The number of benzene rings is 2. The van der Waals surface area contributed by atoms with Gasteiger partial charge in [-0.3, -0.25) is 4.79 Å². The fourth-order valence-corrected chi connectivity index (χ4v) is 2.50. The minimum absolute atomic E-state index is 0.122. The van der Waals surface area contributed by atoms with Crippen LogP contribution in [0.3, 0.4) is 0 Å². The van der Waals surface area contributed by atoms with Crippen molar-refractivity contribution in [1.29, 1.82) is 0 Å². The molecule has 0 saturated heterocycles. The first-order chi connectivity index (χ1) is 8.77. The Balaban J connectivity index is 2.60. The summed E-state index contributed by atoms with van der Waals surface area (Å²) in [6.07, 6.45) is 2.79. The quantitative estimate of drug-likeness (QED) is 0.808. The van der Waals surface area contributed by atoms with Crippen molar-refractivity contribution in [2.45, 2.75) is 13.3 Å². The second-order valence-electron chi connectivity index (χ2n) is 4.05. The maximum absolute atomic E-state index is 12.0. The fraction of sp³-hybridized carbons (Fsp3) is 0.188. The average molecular weight is 256 g/mol. The molecule has 0 N–H and O–H groups in total. The molecule has 2 rings (SSSR count). The van der Waals surface area contributed by atoms with Gasteiger partial charge in [-0.05, 0) is 35.4 Å². The van der Waals surface area contributed by atoms with E-state index in [1.165, 1.54) is 17.3 Å². The summed E-state index contributed by atoms with van der Waals surface area (Å²) in [5.74, 6) is 0. The second kappa shape index (κ2) is 5.87. The van der Waals surface area contributed by atoms with Gasteiger partial charge >= 0.3 is 0 Å². The van der Waals surface area contributed by atoms with Gasteiger partial charge in [0.2, 0.25) is 5.12 Å². The molecule has 1 nitrogen and oxygen atoms in total. The van der Waals surface area contributed by atoms with Gasteiger partial charge in [0, 0.05) is 5.56 Å². The number of hydrogen-bond donors (Lipinski definition) is 0. The molecule has 0 radical (unpaired) electrons. The van der Waals surface area contributed by atoms with Crippen molar-refractivity contribution in [3.63, 3.8) is 0 Å². The number of aryl methyl sites for hydroxylation is 1. The third-order valence-electron chi connectivity index (χ3n) is 3.02. The molecule has 2 aromatic carbocycles. The summed E-state index contributed by atoms with van der Waals surface area (Å²) in [6.45, 7) is 2.14. The lowest BCUT2D eigenvalue weighted by atomic mass is 9.95. The van der Waals surface area contributed by atoms with Gasteiger partial charge in [-0.15, -0.1) is 0 Å². The highest BCUT2D eigenvalue weighted by atomic mass is 32.2. The molecule has 0 aliphatic carbocycles. The molecule has 0 bridgehead atoms. The first-order valence-electron chi connectivity index (χ1n) is 6.03. The van der Waals surface area contributed by atoms with Gasteiger partial charge in [0.15, 0.2) is 0 Å². The molecule has 2 heteroatoms. The summed E-state index contributed by atoms with van der Waals surface area (Å²) in [6, 6.07) is 16.1. The number of carbonyl (C=O) groups is 1. The molecular weight excluding hydrogens is 240 g/mol. The van der Waals surface area contributed by atoms with Gasteiger partial charge in [-0.2, -0.15) is 0 Å². The van der Waals surface area contributed by atoms with E-state index in [-0.39, 0.29) is 5.12 Å². The van der Waals surface area contributed by atoms with Crippen LogP contribution in [0.2, 0.25) is 0 Å². The largest absolute Gasteiger partial charge is 0.282 e. The van der Waals surface area contributed by atoms with Crippen molar-refractivity contribution in [3.05, 3.63) is 59.7 Å². The summed E-state index contributed by atoms with van der Waals surface area (Å²) in [5, 5.41) is 0.122. The Kier molecular flexibility index (Phi) is 4.21. The number of hydrogen-bond acceptors (Lipinski definition) is 2. The zero-order valence-electron chi connectivity index (χ0n) is 10.6. The van der Waals surface area contributed by atoms with E-state index in [0.717, 1.165) is 23.1 Å². The molecule has 0 aliphatic rings. The van der Waals surface area contributed by atoms with E-state index in [0.29, 0.717) is 0 Å². The molecule has 2 aromatic rings. The number of thioether (sulfide) groups is 1. The summed E-state index contributed by atoms with van der Waals surface area (Å²) in [5.41, 5.74) is 4.28. The van der Waals surface area contributed by atoms with E-state index >= 15 is 0 Å². The first kappa shape index (κ1) is 12.9. The van der Waals surface area contributed by atoms with Gasteiger partial charge in [0.1, 0.15) is 0 Å². The van der Waals surface area contributed by atoms with Crippen molar-refractivity contribution < 1.29 is 4.79 Å². The van der Waals surface area contributed by atoms with Crippen LogP contribution in [-0.4, -0.2) is 11.4 Å². The van der Waals surface area contributed by atoms with Crippen LogP contribution >= 0.6 is 11.8 Å². The normalized spacial score (nSPS) is 10.3. The van der Waals surface area contributed by atoms with Gasteiger partial charge in [-0.1, -0.05) is 61.2 Å². The summed E-state index contributed by atoms with van der Waals surface area (Å²) < 4.78 is 0. The fourth-order valence-electron chi connectivity index (χ4n) is 2.10. The van der Waals surface area contributed by atoms with Crippen molar-refractivity contribution in [1.82, 2.24) is 0 Å². The maximum Gasteiger partial charge on any atom is 0.219 e. The Labute approximate surface area is 112 Å². The lowest BCUT2D eigenvalue weighted by Crippen LogP contribution is -1.97. The predicted molar refractivity (Wildman–Crippen MR) is 79.1 cm³/mol. The molecule has 0 aromatic heterocycles. The molecular formula is C16H16OS. The van der Waals surface area contributed by atoms with E-state index in [2.05, 4.69) is 19.1 Å². The van der Waals surface area contributed by atoms with Crippen molar-refractivity contribution in [2.24, 2.45) is 0 Å². The minimum Gasteiger partial charge on any atom is -0.282 e. The van der Waals surface area contributed by atoms with Crippen LogP contribution < -0.4 is 0 Å². The molecule has 0 spiro atoms. The van der Waals surface area contributed by atoms with Gasteiger partial charge < -0.3 is 0 Å². The molecule has 0 amide bonds. The number of rotatable bonds is 3. The van der Waals surface area contributed by atoms with Crippen molar-refractivity contribution in [2.75, 3.05) is 6.26 Å². The smallest absolute Gasteiger partial charge is 0.219 e. The van der Waals surface area contributed by atoms with E-state index in [1.807, 2.05) is 42.7 Å².